The summed E-state index contributed by atoms with van der Waals surface area (Å²) in [5.41, 5.74) is 1.04. The maximum atomic E-state index is 12.8. The van der Waals surface area contributed by atoms with Crippen molar-refractivity contribution < 1.29 is 9.53 Å². The first-order valence-electron chi connectivity index (χ1n) is 9.34. The van der Waals surface area contributed by atoms with Crippen LogP contribution >= 0.6 is 15.9 Å². The van der Waals surface area contributed by atoms with Gasteiger partial charge in [-0.3, -0.25) is 4.79 Å². The van der Waals surface area contributed by atoms with Gasteiger partial charge in [-0.2, -0.15) is 0 Å². The molecule has 2 aromatic rings. The summed E-state index contributed by atoms with van der Waals surface area (Å²) >= 11 is 3.65. The first-order valence-corrected chi connectivity index (χ1v) is 10.1. The Morgan fingerprint density at radius 3 is 2.44 bits per heavy atom. The lowest BCUT2D eigenvalue weighted by Crippen LogP contribution is -2.31. The van der Waals surface area contributed by atoms with E-state index in [0.29, 0.717) is 17.8 Å². The van der Waals surface area contributed by atoms with E-state index in [1.165, 1.54) is 17.2 Å². The number of hydrogen-bond acceptors (Lipinski definition) is 2. The second-order valence-corrected chi connectivity index (χ2v) is 8.87. The highest BCUT2D eigenvalue weighted by Crippen LogP contribution is 2.55. The minimum atomic E-state index is -0.238. The second-order valence-electron chi connectivity index (χ2n) is 8.02. The van der Waals surface area contributed by atoms with Gasteiger partial charge in [0.25, 0.3) is 0 Å². The molecule has 0 heterocycles. The van der Waals surface area contributed by atoms with Crippen molar-refractivity contribution in [1.29, 1.82) is 0 Å². The zero-order chi connectivity index (χ0) is 17.7. The molecule has 0 N–H and O–H groups in total. The Bertz CT molecular complexity index is 813. The number of ether oxygens (including phenoxy) is 1. The zero-order valence-electron chi connectivity index (χ0n) is 15.0. The minimum absolute atomic E-state index is 0.00110. The van der Waals surface area contributed by atoms with E-state index in [4.69, 9.17) is 4.74 Å². The SMILES string of the molecule is CC(OC(=O)C1CC2CC1C(C)C2C)c1cc2ccccc2cc1Br. The summed E-state index contributed by atoms with van der Waals surface area (Å²) < 4.78 is 6.92. The third-order valence-corrected chi connectivity index (χ3v) is 7.48. The van der Waals surface area contributed by atoms with E-state index < -0.39 is 0 Å². The van der Waals surface area contributed by atoms with Crippen LogP contribution in [0.3, 0.4) is 0 Å². The summed E-state index contributed by atoms with van der Waals surface area (Å²) in [4.78, 5) is 12.8. The van der Waals surface area contributed by atoms with Crippen molar-refractivity contribution in [3.63, 3.8) is 0 Å². The molecule has 2 aliphatic carbocycles. The lowest BCUT2D eigenvalue weighted by molar-refractivity contribution is -0.156. The van der Waals surface area contributed by atoms with Crippen molar-refractivity contribution in [2.24, 2.45) is 29.6 Å². The maximum absolute atomic E-state index is 12.8. The number of fused-ring (bicyclic) bond motifs is 3. The first-order chi connectivity index (χ1) is 12.0. The van der Waals surface area contributed by atoms with E-state index >= 15 is 0 Å². The van der Waals surface area contributed by atoms with Crippen molar-refractivity contribution in [3.8, 4) is 0 Å². The molecule has 0 radical (unpaired) electrons. The summed E-state index contributed by atoms with van der Waals surface area (Å²) in [6.07, 6.45) is 1.98. The standard InChI is InChI=1S/C22H25BrO2/c1-12-13(2)18-9-17(12)10-20(18)22(24)25-14(3)19-8-15-6-4-5-7-16(15)11-21(19)23/h4-8,11-14,17-18,20H,9-10H2,1-3H3. The lowest BCUT2D eigenvalue weighted by atomic mass is 9.76. The van der Waals surface area contributed by atoms with E-state index in [9.17, 15) is 4.79 Å². The summed E-state index contributed by atoms with van der Waals surface area (Å²) in [6.45, 7) is 6.62. The first kappa shape index (κ1) is 17.1. The summed E-state index contributed by atoms with van der Waals surface area (Å²) in [5.74, 6) is 2.71. The molecule has 0 aliphatic heterocycles. The van der Waals surface area contributed by atoms with Crippen LogP contribution in [0, 0.1) is 29.6 Å². The Balaban J connectivity index is 1.52. The van der Waals surface area contributed by atoms with Crippen molar-refractivity contribution >= 4 is 32.7 Å². The minimum Gasteiger partial charge on any atom is -0.458 e. The third kappa shape index (κ3) is 2.91. The van der Waals surface area contributed by atoms with Crippen LogP contribution < -0.4 is 0 Å². The molecule has 0 spiro atoms. The molecular formula is C22H25BrO2. The number of benzene rings is 2. The van der Waals surface area contributed by atoms with Crippen molar-refractivity contribution in [1.82, 2.24) is 0 Å². The normalized spacial score (nSPS) is 32.1. The summed E-state index contributed by atoms with van der Waals surface area (Å²) in [5, 5.41) is 2.36. The zero-order valence-corrected chi connectivity index (χ0v) is 16.6. The van der Waals surface area contributed by atoms with Gasteiger partial charge < -0.3 is 4.74 Å². The molecule has 25 heavy (non-hydrogen) atoms. The molecule has 6 atom stereocenters. The van der Waals surface area contributed by atoms with Crippen LogP contribution in [-0.4, -0.2) is 5.97 Å². The van der Waals surface area contributed by atoms with Crippen molar-refractivity contribution in [3.05, 3.63) is 46.4 Å². The molecule has 0 amide bonds. The molecule has 2 aliphatic rings. The van der Waals surface area contributed by atoms with Gasteiger partial charge in [-0.25, -0.2) is 0 Å². The average Bonchev–Trinajstić information content (AvgIpc) is 3.14. The summed E-state index contributed by atoms with van der Waals surface area (Å²) in [7, 11) is 0. The number of carbonyl (C=O) groups excluding carboxylic acids is 1. The topological polar surface area (TPSA) is 26.3 Å². The molecule has 2 bridgehead atoms. The van der Waals surface area contributed by atoms with Gasteiger partial charge in [0.15, 0.2) is 0 Å². The molecule has 2 nitrogen and oxygen atoms in total. The number of rotatable bonds is 3. The highest BCUT2D eigenvalue weighted by molar-refractivity contribution is 9.10. The molecule has 132 valence electrons. The predicted molar refractivity (Wildman–Crippen MR) is 104 cm³/mol. The fourth-order valence-electron chi connectivity index (χ4n) is 5.08. The smallest absolute Gasteiger partial charge is 0.309 e. The molecule has 3 heteroatoms. The average molecular weight is 401 g/mol. The van der Waals surface area contributed by atoms with Crippen molar-refractivity contribution in [2.45, 2.75) is 39.7 Å². The Hall–Kier alpha value is -1.35. The van der Waals surface area contributed by atoms with E-state index in [1.807, 2.05) is 19.1 Å². The van der Waals surface area contributed by atoms with E-state index in [-0.39, 0.29) is 18.0 Å². The van der Waals surface area contributed by atoms with E-state index in [2.05, 4.69) is 54.0 Å². The Morgan fingerprint density at radius 2 is 1.80 bits per heavy atom. The van der Waals surface area contributed by atoms with Crippen LogP contribution in [0.25, 0.3) is 10.8 Å². The number of carbonyl (C=O) groups is 1. The maximum Gasteiger partial charge on any atom is 0.309 e. The molecule has 4 rings (SSSR count). The van der Waals surface area contributed by atoms with Gasteiger partial charge in [0.05, 0.1) is 5.92 Å². The highest BCUT2D eigenvalue weighted by atomic mass is 79.9. The second kappa shape index (κ2) is 6.42. The quantitative estimate of drug-likeness (QED) is 0.578. The van der Waals surface area contributed by atoms with E-state index in [1.54, 1.807) is 0 Å². The Labute approximate surface area is 158 Å². The van der Waals surface area contributed by atoms with Crippen LogP contribution in [0.5, 0.6) is 0 Å². The molecule has 6 unspecified atom stereocenters. The van der Waals surface area contributed by atoms with Gasteiger partial charge in [-0.05, 0) is 66.3 Å². The molecular weight excluding hydrogens is 376 g/mol. The highest BCUT2D eigenvalue weighted by Gasteiger charge is 2.51. The van der Waals surface area contributed by atoms with Gasteiger partial charge in [0, 0.05) is 10.0 Å². The Kier molecular flexibility index (Phi) is 4.39. The number of esters is 1. The predicted octanol–water partition coefficient (Wildman–Crippen LogP) is 6.13. The monoisotopic (exact) mass is 400 g/mol. The molecule has 0 aromatic heterocycles. The number of halogens is 1. The van der Waals surface area contributed by atoms with Gasteiger partial charge in [-0.1, -0.05) is 54.0 Å². The van der Waals surface area contributed by atoms with Crippen LogP contribution in [-0.2, 0) is 9.53 Å². The molecule has 2 fully saturated rings. The van der Waals surface area contributed by atoms with E-state index in [0.717, 1.165) is 22.4 Å². The van der Waals surface area contributed by atoms with Crippen LogP contribution in [0.2, 0.25) is 0 Å². The largest absolute Gasteiger partial charge is 0.458 e. The third-order valence-electron chi connectivity index (χ3n) is 6.80. The fraction of sp³-hybridized carbons (Fsp3) is 0.500. The fourth-order valence-corrected chi connectivity index (χ4v) is 5.76. The van der Waals surface area contributed by atoms with Crippen LogP contribution in [0.4, 0.5) is 0 Å². The summed E-state index contributed by atoms with van der Waals surface area (Å²) in [6, 6.07) is 12.5. The van der Waals surface area contributed by atoms with Gasteiger partial charge >= 0.3 is 5.97 Å². The molecule has 2 aromatic carbocycles. The van der Waals surface area contributed by atoms with Crippen LogP contribution in [0.15, 0.2) is 40.9 Å². The van der Waals surface area contributed by atoms with Gasteiger partial charge in [0.1, 0.15) is 6.10 Å². The molecule has 2 saturated carbocycles. The molecule has 0 saturated heterocycles. The van der Waals surface area contributed by atoms with Crippen LogP contribution in [0.1, 0.15) is 45.3 Å². The van der Waals surface area contributed by atoms with Gasteiger partial charge in [-0.15, -0.1) is 0 Å². The lowest BCUT2D eigenvalue weighted by Gasteiger charge is -2.31. The Morgan fingerprint density at radius 1 is 1.12 bits per heavy atom. The van der Waals surface area contributed by atoms with Gasteiger partial charge in [0.2, 0.25) is 0 Å². The number of hydrogen-bond donors (Lipinski definition) is 0. The van der Waals surface area contributed by atoms with Crippen molar-refractivity contribution in [2.75, 3.05) is 0 Å².